The van der Waals surface area contributed by atoms with Gasteiger partial charge in [0.05, 0.1) is 4.92 Å². The van der Waals surface area contributed by atoms with Crippen LogP contribution in [0.15, 0.2) is 18.2 Å². The molecule has 3 rings (SSSR count). The summed E-state index contributed by atoms with van der Waals surface area (Å²) in [5, 5.41) is 24.6. The highest BCUT2D eigenvalue weighted by molar-refractivity contribution is 5.85. The second kappa shape index (κ2) is 8.68. The van der Waals surface area contributed by atoms with Crippen LogP contribution in [0.2, 0.25) is 0 Å². The zero-order valence-corrected chi connectivity index (χ0v) is 14.4. The van der Waals surface area contributed by atoms with Crippen LogP contribution in [0, 0.1) is 16.0 Å². The maximum atomic E-state index is 11.0. The third-order valence-corrected chi connectivity index (χ3v) is 4.68. The monoisotopic (exact) mass is 363 g/mol. The molecule has 0 unspecified atom stereocenters. The SMILES string of the molecule is Cl.Cl.O=[N+]([O-])c1ccc(O)c([C@H](C2CCC2)N2CCNCC2)c1. The summed E-state index contributed by atoms with van der Waals surface area (Å²) in [5.41, 5.74) is 0.776. The molecule has 2 aliphatic rings. The van der Waals surface area contributed by atoms with Gasteiger partial charge in [-0.3, -0.25) is 15.0 Å². The largest absolute Gasteiger partial charge is 0.508 e. The van der Waals surface area contributed by atoms with E-state index in [2.05, 4.69) is 10.2 Å². The number of hydrogen-bond donors (Lipinski definition) is 2. The van der Waals surface area contributed by atoms with E-state index in [4.69, 9.17) is 0 Å². The Bertz CT molecular complexity index is 535. The molecule has 130 valence electrons. The third kappa shape index (κ3) is 4.26. The first kappa shape index (κ1) is 20.0. The van der Waals surface area contributed by atoms with Gasteiger partial charge in [-0.2, -0.15) is 0 Å². The van der Waals surface area contributed by atoms with Gasteiger partial charge in [0.2, 0.25) is 0 Å². The van der Waals surface area contributed by atoms with E-state index in [0.29, 0.717) is 5.92 Å². The number of phenolic OH excluding ortho intramolecular Hbond substituents is 1. The van der Waals surface area contributed by atoms with Gasteiger partial charge in [-0.15, -0.1) is 24.8 Å². The van der Waals surface area contributed by atoms with E-state index in [0.717, 1.165) is 44.6 Å². The molecular weight excluding hydrogens is 341 g/mol. The predicted octanol–water partition coefficient (Wildman–Crippen LogP) is 2.89. The Labute approximate surface area is 148 Å². The number of halogens is 2. The zero-order chi connectivity index (χ0) is 14.8. The summed E-state index contributed by atoms with van der Waals surface area (Å²) >= 11 is 0. The lowest BCUT2D eigenvalue weighted by molar-refractivity contribution is -0.385. The molecule has 6 nitrogen and oxygen atoms in total. The van der Waals surface area contributed by atoms with Gasteiger partial charge < -0.3 is 10.4 Å². The lowest BCUT2D eigenvalue weighted by Gasteiger charge is -2.43. The Morgan fingerprint density at radius 2 is 1.91 bits per heavy atom. The van der Waals surface area contributed by atoms with Crippen LogP contribution in [-0.4, -0.2) is 41.1 Å². The Kier molecular flexibility index (Phi) is 7.54. The van der Waals surface area contributed by atoms with Gasteiger partial charge >= 0.3 is 0 Å². The summed E-state index contributed by atoms with van der Waals surface area (Å²) in [6.07, 6.45) is 3.48. The van der Waals surface area contributed by atoms with Crippen molar-refractivity contribution in [3.63, 3.8) is 0 Å². The van der Waals surface area contributed by atoms with E-state index in [-0.39, 0.29) is 42.3 Å². The minimum atomic E-state index is -0.390. The first-order chi connectivity index (χ1) is 10.2. The van der Waals surface area contributed by atoms with Crippen LogP contribution in [0.4, 0.5) is 5.69 Å². The van der Waals surface area contributed by atoms with Crippen LogP contribution in [0.5, 0.6) is 5.75 Å². The van der Waals surface area contributed by atoms with Crippen LogP contribution < -0.4 is 5.32 Å². The molecular formula is C15H23Cl2N3O3. The fourth-order valence-corrected chi connectivity index (χ4v) is 3.36. The summed E-state index contributed by atoms with van der Waals surface area (Å²) in [4.78, 5) is 13.0. The lowest BCUT2D eigenvalue weighted by atomic mass is 9.76. The summed E-state index contributed by atoms with van der Waals surface area (Å²) < 4.78 is 0. The van der Waals surface area contributed by atoms with E-state index in [1.54, 1.807) is 6.07 Å². The molecule has 1 aromatic rings. The second-order valence-electron chi connectivity index (χ2n) is 5.92. The van der Waals surface area contributed by atoms with E-state index in [1.807, 2.05) is 0 Å². The van der Waals surface area contributed by atoms with Crippen LogP contribution in [0.1, 0.15) is 30.9 Å². The van der Waals surface area contributed by atoms with Gasteiger partial charge in [0, 0.05) is 49.9 Å². The van der Waals surface area contributed by atoms with Crippen molar-refractivity contribution in [2.75, 3.05) is 26.2 Å². The number of non-ortho nitro benzene ring substituents is 1. The van der Waals surface area contributed by atoms with Crippen molar-refractivity contribution in [2.24, 2.45) is 5.92 Å². The van der Waals surface area contributed by atoms with Crippen molar-refractivity contribution < 1.29 is 10.0 Å². The summed E-state index contributed by atoms with van der Waals surface area (Å²) in [7, 11) is 0. The summed E-state index contributed by atoms with van der Waals surface area (Å²) in [6.45, 7) is 3.70. The van der Waals surface area contributed by atoms with Crippen molar-refractivity contribution in [1.82, 2.24) is 10.2 Å². The topological polar surface area (TPSA) is 78.6 Å². The zero-order valence-electron chi connectivity index (χ0n) is 12.8. The molecule has 2 N–H and O–H groups in total. The first-order valence-corrected chi connectivity index (χ1v) is 7.59. The molecule has 1 saturated heterocycles. The highest BCUT2D eigenvalue weighted by Gasteiger charge is 2.35. The van der Waals surface area contributed by atoms with Gasteiger partial charge in [-0.25, -0.2) is 0 Å². The molecule has 0 spiro atoms. The van der Waals surface area contributed by atoms with E-state index in [9.17, 15) is 15.2 Å². The van der Waals surface area contributed by atoms with E-state index < -0.39 is 4.92 Å². The molecule has 0 aromatic heterocycles. The van der Waals surface area contributed by atoms with Crippen LogP contribution in [0.25, 0.3) is 0 Å². The average molecular weight is 364 g/mol. The maximum absolute atomic E-state index is 11.0. The summed E-state index contributed by atoms with van der Waals surface area (Å²) in [6, 6.07) is 4.48. The molecule has 1 atom stereocenters. The number of rotatable bonds is 4. The molecule has 1 aliphatic heterocycles. The standard InChI is InChI=1S/C15H21N3O3.2ClH/c19-14-5-4-12(18(20)21)10-13(14)15(11-2-1-3-11)17-8-6-16-7-9-17;;/h4-5,10-11,15-16,19H,1-3,6-9H2;2*1H/t15-;;/m0../s1. The highest BCUT2D eigenvalue weighted by Crippen LogP contribution is 2.44. The highest BCUT2D eigenvalue weighted by atomic mass is 35.5. The number of piperazine rings is 1. The van der Waals surface area contributed by atoms with Crippen molar-refractivity contribution in [2.45, 2.75) is 25.3 Å². The third-order valence-electron chi connectivity index (χ3n) is 4.68. The average Bonchev–Trinajstić information content (AvgIpc) is 2.44. The minimum absolute atomic E-state index is 0. The molecule has 8 heteroatoms. The molecule has 1 heterocycles. The first-order valence-electron chi connectivity index (χ1n) is 7.59. The number of nitro groups is 1. The minimum Gasteiger partial charge on any atom is -0.508 e. The van der Waals surface area contributed by atoms with E-state index >= 15 is 0 Å². The molecule has 0 amide bonds. The van der Waals surface area contributed by atoms with Gasteiger partial charge in [0.25, 0.3) is 5.69 Å². The smallest absolute Gasteiger partial charge is 0.270 e. The molecule has 2 fully saturated rings. The Morgan fingerprint density at radius 3 is 2.43 bits per heavy atom. The van der Waals surface area contributed by atoms with Crippen molar-refractivity contribution in [3.8, 4) is 5.75 Å². The van der Waals surface area contributed by atoms with Crippen LogP contribution in [-0.2, 0) is 0 Å². The van der Waals surface area contributed by atoms with E-state index in [1.165, 1.54) is 18.6 Å². The van der Waals surface area contributed by atoms with Crippen molar-refractivity contribution in [3.05, 3.63) is 33.9 Å². The number of phenols is 1. The van der Waals surface area contributed by atoms with Crippen molar-refractivity contribution >= 4 is 30.5 Å². The second-order valence-corrected chi connectivity index (χ2v) is 5.92. The number of nitro benzene ring substituents is 1. The fraction of sp³-hybridized carbons (Fsp3) is 0.600. The number of hydrogen-bond acceptors (Lipinski definition) is 5. The Hall–Kier alpha value is -1.08. The molecule has 23 heavy (non-hydrogen) atoms. The number of benzene rings is 1. The van der Waals surface area contributed by atoms with Gasteiger partial charge in [-0.1, -0.05) is 6.42 Å². The number of nitrogens with zero attached hydrogens (tertiary/aromatic N) is 2. The van der Waals surface area contributed by atoms with Crippen LogP contribution in [0.3, 0.4) is 0 Å². The molecule has 1 saturated carbocycles. The van der Waals surface area contributed by atoms with Gasteiger partial charge in [0.1, 0.15) is 5.75 Å². The lowest BCUT2D eigenvalue weighted by Crippen LogP contribution is -2.47. The number of aromatic hydroxyl groups is 1. The molecule has 0 radical (unpaired) electrons. The maximum Gasteiger partial charge on any atom is 0.270 e. The molecule has 1 aliphatic carbocycles. The Morgan fingerprint density at radius 1 is 1.26 bits per heavy atom. The van der Waals surface area contributed by atoms with Crippen molar-refractivity contribution in [1.29, 1.82) is 0 Å². The molecule has 1 aromatic carbocycles. The Balaban J connectivity index is 0.00000132. The van der Waals surface area contributed by atoms with Gasteiger partial charge in [0.15, 0.2) is 0 Å². The van der Waals surface area contributed by atoms with Crippen LogP contribution >= 0.6 is 24.8 Å². The summed E-state index contributed by atoms with van der Waals surface area (Å²) in [5.74, 6) is 0.673. The molecule has 0 bridgehead atoms. The van der Waals surface area contributed by atoms with Gasteiger partial charge in [-0.05, 0) is 24.8 Å². The quantitative estimate of drug-likeness (QED) is 0.635. The number of nitrogens with one attached hydrogen (secondary N) is 1. The predicted molar refractivity (Wildman–Crippen MR) is 93.8 cm³/mol. The fourth-order valence-electron chi connectivity index (χ4n) is 3.36. The normalized spacial score (nSPS) is 19.8.